The molecule has 9 heterocycles. The molecule has 2 fully saturated rings. The fourth-order valence-electron chi connectivity index (χ4n) is 11.5. The Hall–Kier alpha value is -8.60. The number of carbonyl (C=O) groups excluding carboxylic acids is 2. The van der Waals surface area contributed by atoms with Gasteiger partial charge in [-0.1, -0.05) is 11.6 Å². The van der Waals surface area contributed by atoms with Crippen molar-refractivity contribution in [1.82, 2.24) is 69.4 Å². The Morgan fingerprint density at radius 1 is 0.641 bits per heavy atom. The second-order valence-electron chi connectivity index (χ2n) is 24.4. The first-order valence-electron chi connectivity index (χ1n) is 33.9. The van der Waals surface area contributed by atoms with Crippen molar-refractivity contribution in [3.63, 3.8) is 0 Å². The highest BCUT2D eigenvalue weighted by Gasteiger charge is 2.36. The number of ether oxygens (including phenoxy) is 7. The van der Waals surface area contributed by atoms with Crippen LogP contribution in [0.25, 0.3) is 81.6 Å². The monoisotopic (exact) mass is 2090 g/mol. The van der Waals surface area contributed by atoms with E-state index >= 15 is 0 Å². The van der Waals surface area contributed by atoms with Crippen LogP contribution in [0.5, 0.6) is 28.7 Å². The maximum atomic E-state index is 11.9. The molecule has 16 rings (SSSR count). The number of aromatic nitrogens is 14. The van der Waals surface area contributed by atoms with Crippen LogP contribution >= 0.6 is 130 Å². The molecule has 0 bridgehead atoms. The zero-order valence-corrected chi connectivity index (χ0v) is 77.6. The first-order valence-corrected chi connectivity index (χ1v) is 46.7. The molecule has 2 aliphatic carbocycles. The number of nitro groups is 1. The number of fused-ring (bicyclic) bond motifs is 10. The average Bonchev–Trinajstić information content (AvgIpc) is 1.62. The van der Waals surface area contributed by atoms with Gasteiger partial charge in [-0.3, -0.25) is 33.7 Å². The number of hydrogen-bond donors (Lipinski definition) is 8. The van der Waals surface area contributed by atoms with Gasteiger partial charge in [-0.05, 0) is 208 Å². The van der Waals surface area contributed by atoms with E-state index < -0.39 is 28.1 Å². The number of benzene rings is 5. The molecule has 2 saturated carbocycles. The van der Waals surface area contributed by atoms with Crippen LogP contribution < -0.4 is 46.0 Å². The molecule has 10 N–H and O–H groups in total. The van der Waals surface area contributed by atoms with Crippen LogP contribution in [0.4, 0.5) is 29.0 Å². The number of aromatic amines is 5. The molecule has 0 amide bonds. The van der Waals surface area contributed by atoms with Crippen LogP contribution in [0.1, 0.15) is 84.7 Å². The summed E-state index contributed by atoms with van der Waals surface area (Å²) in [5.41, 5.74) is 19.1. The number of nitro benzene ring substituents is 1. The van der Waals surface area contributed by atoms with Gasteiger partial charge in [-0.15, -0.1) is 0 Å². The van der Waals surface area contributed by atoms with E-state index in [1.165, 1.54) is 81.0 Å². The molecule has 2 aliphatic rings. The molecule has 616 valence electrons. The fraction of sp³-hybridized carbons (Fsp3) is 0.254. The van der Waals surface area contributed by atoms with Crippen LogP contribution in [0.3, 0.4) is 0 Å². The van der Waals surface area contributed by atoms with Crippen molar-refractivity contribution in [2.45, 2.75) is 57.4 Å². The Labute approximate surface area is 742 Å². The average molecular weight is 2100 g/mol. The Balaban J connectivity index is 0.000000159. The van der Waals surface area contributed by atoms with E-state index in [0.717, 1.165) is 113 Å². The number of H-pyrrole nitrogens is 5. The normalized spacial score (nSPS) is 12.2. The lowest BCUT2D eigenvalue weighted by Gasteiger charge is -2.09. The number of nitrogens with one attached hydrogen (secondary N) is 6. The number of rotatable bonds is 15. The molecule has 1 unspecified atom stereocenters. The van der Waals surface area contributed by atoms with Gasteiger partial charge in [0.05, 0.1) is 110 Å². The maximum Gasteiger partial charge on any atom is 0.395 e. The van der Waals surface area contributed by atoms with E-state index in [2.05, 4.69) is 212 Å². The standard InChI is InChI=1S/C18H17BrN6O.C12H11BrN2O5.C12H13BrN2O3.C11H7BrClN3O.C11H8BrN3O2.C7H11N3.Cl3OP.S4/c1-25-15(7-12(24-25)9-3-4-9)23-18-16-10-5-14(26-2)11(19)6-13(10)22-17(16)20-8-21-18;1-4-20-12(16)11(14-2)7-5-10(19-3)8(13)6-9(7)15(17)18;1-3-18-12(16)10-6-4-9(17-2)7(13)5-8(6)15-11(10)14;1-17-8-2-5-7(3-6(8)12)16-11-9(5)10(13)14-4-15-11;1-17-8-2-5-7(3-6(8)12)15-10-9(5)11(16)14-4-13-10;1-10-7(8)4-6(9-10)5-2-3-5;1-5(2,3)4;1-3-4-2/h5-9H,3-4H2,1-2H3,(H2,20,21,22,23);5-6,11H,4H2,1,3H3;4-5,15H,3,14H2,1-2H3;2-4H,1H3,(H,14,15,16);2-4H,1H3,(H2,13,14,15,16);4-5H,2-3,8H2,1H3;;. The molecule has 117 heavy (non-hydrogen) atoms. The molecule has 5 aromatic carbocycles. The number of carbonyl (C=O) groups is 2. The number of halogens is 9. The molecule has 0 spiro atoms. The molecule has 1 atom stereocenters. The van der Waals surface area contributed by atoms with Gasteiger partial charge in [-0.25, -0.2) is 41.1 Å². The molecule has 14 aromatic rings. The summed E-state index contributed by atoms with van der Waals surface area (Å²) >= 11 is 45.5. The van der Waals surface area contributed by atoms with Gasteiger partial charge in [0.2, 0.25) is 0 Å². The van der Waals surface area contributed by atoms with Crippen molar-refractivity contribution >= 4 is 288 Å². The number of nitrogen functional groups attached to an aromatic ring is 2. The maximum absolute atomic E-state index is 11.9. The van der Waals surface area contributed by atoms with Gasteiger partial charge in [0.15, 0.2) is 0 Å². The highest BCUT2D eigenvalue weighted by molar-refractivity contribution is 9.11. The second-order valence-corrected chi connectivity index (χ2v) is 39.2. The van der Waals surface area contributed by atoms with Gasteiger partial charge < -0.3 is 74.9 Å². The van der Waals surface area contributed by atoms with Crippen molar-refractivity contribution in [3.05, 3.63) is 174 Å². The second kappa shape index (κ2) is 41.9. The van der Waals surface area contributed by atoms with Crippen LogP contribution in [0.2, 0.25) is 5.15 Å². The lowest BCUT2D eigenvalue weighted by molar-refractivity contribution is -0.385. The van der Waals surface area contributed by atoms with Gasteiger partial charge in [0.25, 0.3) is 11.2 Å². The largest absolute Gasteiger partial charge is 0.496 e. The summed E-state index contributed by atoms with van der Waals surface area (Å²) in [6.07, 6.45) is 9.41. The van der Waals surface area contributed by atoms with E-state index in [4.69, 9.17) is 62.8 Å². The Morgan fingerprint density at radius 2 is 1.07 bits per heavy atom. The predicted octanol–water partition coefficient (Wildman–Crippen LogP) is 19.2. The summed E-state index contributed by atoms with van der Waals surface area (Å²) in [5, 5.41) is 26.3. The minimum Gasteiger partial charge on any atom is -0.496 e. The van der Waals surface area contributed by atoms with Crippen LogP contribution in [-0.4, -0.2) is 135 Å². The van der Waals surface area contributed by atoms with E-state index in [1.807, 2.05) is 67.3 Å². The van der Waals surface area contributed by atoms with Crippen LogP contribution in [0, 0.1) is 16.7 Å². The molecular formula is C71H67Br5Cl4N19O13PS4. The first kappa shape index (κ1) is 92.3. The van der Waals surface area contributed by atoms with Gasteiger partial charge in [0.1, 0.15) is 97.9 Å². The van der Waals surface area contributed by atoms with Crippen molar-refractivity contribution in [2.24, 2.45) is 14.1 Å². The number of hydrogen-bond acceptors (Lipinski definition) is 25. The van der Waals surface area contributed by atoms with E-state index in [1.54, 1.807) is 59.4 Å². The predicted molar refractivity (Wildman–Crippen MR) is 484 cm³/mol. The molecule has 32 nitrogen and oxygen atoms in total. The number of nitrogens with zero attached hydrogens (tertiary/aromatic N) is 11. The lowest BCUT2D eigenvalue weighted by atomic mass is 10.0. The topological polar surface area (TPSA) is 423 Å². The van der Waals surface area contributed by atoms with Crippen molar-refractivity contribution in [1.29, 1.82) is 0 Å². The Kier molecular flexibility index (Phi) is 33.0. The van der Waals surface area contributed by atoms with Gasteiger partial charge >= 0.3 is 23.2 Å². The number of anilines is 4. The SMILES string of the molecule is CCOC(=O)c1c(N)[nH]c2cc(Br)c(OC)cc12.COc1cc2c(cc1Br)[nH]c1nc[nH]c(=O)c12.COc1cc2c(cc1Br)[nH]c1ncnc(Cl)c12.COc1cc2c(cc1Br)[nH]c1ncnc(Nc3cc(C4CC4)nn3C)c12.Cn1nc(C2CC2)cc1N.O=P(Cl)(Cl)Cl.S=S=S=S.[C-]#[N+]C(C(=O)OCC)c1cc(OC)c(Br)cc1[N+](=O)[O-]. The molecular weight excluding hydrogens is 2030 g/mol. The van der Waals surface area contributed by atoms with Gasteiger partial charge in [0, 0.05) is 128 Å². The van der Waals surface area contributed by atoms with Crippen LogP contribution in [0.15, 0.2) is 119 Å². The lowest BCUT2D eigenvalue weighted by Crippen LogP contribution is -2.14. The summed E-state index contributed by atoms with van der Waals surface area (Å²) < 4.78 is 52.8. The Morgan fingerprint density at radius 3 is 1.52 bits per heavy atom. The third-order valence-electron chi connectivity index (χ3n) is 17.1. The summed E-state index contributed by atoms with van der Waals surface area (Å²) in [7, 11) is 14.0. The first-order chi connectivity index (χ1) is 55.8. The highest BCUT2D eigenvalue weighted by Crippen LogP contribution is 2.61. The summed E-state index contributed by atoms with van der Waals surface area (Å²) in [6.45, 7) is 10.8. The summed E-state index contributed by atoms with van der Waals surface area (Å²) in [6, 6.07) is 20.3. The number of esters is 2. The van der Waals surface area contributed by atoms with E-state index in [-0.39, 0.29) is 23.4 Å². The zero-order chi connectivity index (χ0) is 85.4. The smallest absolute Gasteiger partial charge is 0.395 e. The van der Waals surface area contributed by atoms with Crippen molar-refractivity contribution in [2.75, 3.05) is 65.5 Å². The van der Waals surface area contributed by atoms with Crippen molar-refractivity contribution < 1.29 is 52.2 Å². The molecule has 46 heteroatoms. The van der Waals surface area contributed by atoms with Crippen molar-refractivity contribution in [3.8, 4) is 28.7 Å². The highest BCUT2D eigenvalue weighted by atomic mass is 79.9. The Bertz CT molecular complexity index is 6270. The van der Waals surface area contributed by atoms with Gasteiger partial charge in [-0.2, -0.15) is 10.2 Å². The summed E-state index contributed by atoms with van der Waals surface area (Å²) in [4.78, 5) is 85.1. The molecule has 0 aliphatic heterocycles. The minimum absolute atomic E-state index is 0.0523. The quantitative estimate of drug-likeness (QED) is 0.0118. The van der Waals surface area contributed by atoms with Crippen LogP contribution in [-0.2, 0) is 73.1 Å². The number of methoxy groups -OCH3 is 5. The molecule has 0 saturated heterocycles. The minimum atomic E-state index is -3.22. The zero-order valence-electron chi connectivity index (χ0n) is 62.5. The summed E-state index contributed by atoms with van der Waals surface area (Å²) in [5.74, 6) is 5.91. The molecule has 9 aromatic heterocycles. The fourth-order valence-corrected chi connectivity index (χ4v) is 14.2. The molecule has 0 radical (unpaired) electrons. The third-order valence-corrected chi connectivity index (χ3v) is 22.7. The number of aryl methyl sites for hydroxylation is 2. The number of nitrogens with two attached hydrogens (primary N) is 2. The van der Waals surface area contributed by atoms with E-state index in [9.17, 15) is 29.1 Å². The third kappa shape index (κ3) is 23.3. The van der Waals surface area contributed by atoms with E-state index in [0.29, 0.717) is 73.1 Å².